The van der Waals surface area contributed by atoms with Gasteiger partial charge in [-0.3, -0.25) is 0 Å². The van der Waals surface area contributed by atoms with Crippen LogP contribution in [0, 0.1) is 6.92 Å². The third kappa shape index (κ3) is 2.46. The largest absolute Gasteiger partial charge is 0.353 e. The Morgan fingerprint density at radius 1 is 1.56 bits per heavy atom. The van der Waals surface area contributed by atoms with Crippen LogP contribution < -0.4 is 10.6 Å². The highest BCUT2D eigenvalue weighted by atomic mass is 15.3. The molecule has 18 heavy (non-hydrogen) atoms. The minimum Gasteiger partial charge on any atom is -0.353 e. The third-order valence-corrected chi connectivity index (χ3v) is 3.43. The van der Waals surface area contributed by atoms with Crippen LogP contribution in [0.3, 0.4) is 0 Å². The van der Waals surface area contributed by atoms with Crippen molar-refractivity contribution in [2.24, 2.45) is 0 Å². The number of aryl methyl sites for hydroxylation is 1. The van der Waals surface area contributed by atoms with E-state index in [1.165, 1.54) is 18.4 Å². The molecule has 1 unspecified atom stereocenters. The molecule has 1 fully saturated rings. The van der Waals surface area contributed by atoms with Crippen LogP contribution in [0.15, 0.2) is 18.3 Å². The van der Waals surface area contributed by atoms with Crippen molar-refractivity contribution in [1.82, 2.24) is 19.9 Å². The summed E-state index contributed by atoms with van der Waals surface area (Å²) in [7, 11) is 0. The number of nitrogens with one attached hydrogen (secondary N) is 2. The zero-order valence-corrected chi connectivity index (χ0v) is 10.7. The third-order valence-electron chi connectivity index (χ3n) is 3.43. The Labute approximate surface area is 107 Å². The molecule has 0 spiro atoms. The lowest BCUT2D eigenvalue weighted by molar-refractivity contribution is 0.573. The van der Waals surface area contributed by atoms with Gasteiger partial charge in [0.25, 0.3) is 0 Å². The molecule has 1 saturated heterocycles. The van der Waals surface area contributed by atoms with E-state index in [0.29, 0.717) is 6.04 Å². The Bertz CT molecular complexity index is 527. The molecule has 1 aliphatic heterocycles. The molecule has 0 saturated carbocycles. The van der Waals surface area contributed by atoms with Gasteiger partial charge in [-0.25, -0.2) is 4.52 Å². The fraction of sp³-hybridized carbons (Fsp3) is 0.538. The van der Waals surface area contributed by atoms with Gasteiger partial charge in [0.05, 0.1) is 0 Å². The lowest BCUT2D eigenvalue weighted by atomic mass is 10.2. The Kier molecular flexibility index (Phi) is 3.15. The van der Waals surface area contributed by atoms with E-state index in [1.807, 2.05) is 22.8 Å². The summed E-state index contributed by atoms with van der Waals surface area (Å²) in [6.45, 7) is 4.15. The van der Waals surface area contributed by atoms with E-state index in [1.54, 1.807) is 0 Å². The van der Waals surface area contributed by atoms with Crippen LogP contribution in [-0.4, -0.2) is 33.7 Å². The van der Waals surface area contributed by atoms with Crippen LogP contribution in [0.4, 0.5) is 5.95 Å². The summed E-state index contributed by atoms with van der Waals surface area (Å²) >= 11 is 0. The maximum atomic E-state index is 4.46. The van der Waals surface area contributed by atoms with Gasteiger partial charge in [-0.1, -0.05) is 0 Å². The lowest BCUT2D eigenvalue weighted by Crippen LogP contribution is -2.24. The van der Waals surface area contributed by atoms with Gasteiger partial charge in [-0.2, -0.15) is 4.98 Å². The maximum Gasteiger partial charge on any atom is 0.243 e. The monoisotopic (exact) mass is 245 g/mol. The molecular weight excluding hydrogens is 226 g/mol. The van der Waals surface area contributed by atoms with Crippen molar-refractivity contribution in [3.63, 3.8) is 0 Å². The fourth-order valence-electron chi connectivity index (χ4n) is 2.42. The zero-order valence-electron chi connectivity index (χ0n) is 10.7. The van der Waals surface area contributed by atoms with Gasteiger partial charge in [0, 0.05) is 18.8 Å². The molecule has 2 N–H and O–H groups in total. The van der Waals surface area contributed by atoms with Crippen molar-refractivity contribution in [3.8, 4) is 0 Å². The summed E-state index contributed by atoms with van der Waals surface area (Å²) in [4.78, 5) is 4.46. The van der Waals surface area contributed by atoms with Gasteiger partial charge in [-0.05, 0) is 50.4 Å². The summed E-state index contributed by atoms with van der Waals surface area (Å²) in [6.07, 6.45) is 5.67. The SMILES string of the molecule is Cc1ccn2nc(NCCC3CCCN3)nc2c1. The molecule has 0 aliphatic carbocycles. The summed E-state index contributed by atoms with van der Waals surface area (Å²) in [5.74, 6) is 0.721. The van der Waals surface area contributed by atoms with E-state index in [-0.39, 0.29) is 0 Å². The lowest BCUT2D eigenvalue weighted by Gasteiger charge is -2.09. The average Bonchev–Trinajstić information content (AvgIpc) is 2.97. The highest BCUT2D eigenvalue weighted by molar-refractivity contribution is 5.45. The van der Waals surface area contributed by atoms with Crippen LogP contribution in [0.25, 0.3) is 5.65 Å². The smallest absolute Gasteiger partial charge is 0.243 e. The second-order valence-corrected chi connectivity index (χ2v) is 4.95. The van der Waals surface area contributed by atoms with E-state index in [2.05, 4.69) is 27.6 Å². The second-order valence-electron chi connectivity index (χ2n) is 4.95. The summed E-state index contributed by atoms with van der Waals surface area (Å²) < 4.78 is 1.81. The van der Waals surface area contributed by atoms with Crippen LogP contribution in [-0.2, 0) is 0 Å². The van der Waals surface area contributed by atoms with Crippen LogP contribution in [0.1, 0.15) is 24.8 Å². The topological polar surface area (TPSA) is 54.2 Å². The molecule has 96 valence electrons. The Morgan fingerprint density at radius 2 is 2.50 bits per heavy atom. The van der Waals surface area contributed by atoms with Crippen LogP contribution >= 0.6 is 0 Å². The molecule has 5 heteroatoms. The van der Waals surface area contributed by atoms with Gasteiger partial charge >= 0.3 is 0 Å². The van der Waals surface area contributed by atoms with Crippen molar-refractivity contribution < 1.29 is 0 Å². The number of fused-ring (bicyclic) bond motifs is 1. The molecule has 3 heterocycles. The maximum absolute atomic E-state index is 4.46. The number of hydrogen-bond donors (Lipinski definition) is 2. The highest BCUT2D eigenvalue weighted by Crippen LogP contribution is 2.10. The van der Waals surface area contributed by atoms with Crippen molar-refractivity contribution in [2.75, 3.05) is 18.4 Å². The van der Waals surface area contributed by atoms with Crippen molar-refractivity contribution in [2.45, 2.75) is 32.2 Å². The molecule has 3 rings (SSSR count). The zero-order chi connectivity index (χ0) is 12.4. The molecule has 2 aromatic rings. The van der Waals surface area contributed by atoms with E-state index >= 15 is 0 Å². The Hall–Kier alpha value is -1.62. The molecule has 0 bridgehead atoms. The van der Waals surface area contributed by atoms with E-state index in [0.717, 1.165) is 31.1 Å². The predicted molar refractivity (Wildman–Crippen MR) is 71.9 cm³/mol. The Morgan fingerprint density at radius 3 is 3.33 bits per heavy atom. The summed E-state index contributed by atoms with van der Waals surface area (Å²) in [6, 6.07) is 4.74. The number of rotatable bonds is 4. The summed E-state index contributed by atoms with van der Waals surface area (Å²) in [5.41, 5.74) is 2.10. The molecule has 5 nitrogen and oxygen atoms in total. The fourth-order valence-corrected chi connectivity index (χ4v) is 2.42. The van der Waals surface area contributed by atoms with Crippen molar-refractivity contribution in [3.05, 3.63) is 23.9 Å². The first-order valence-electron chi connectivity index (χ1n) is 6.61. The summed E-state index contributed by atoms with van der Waals surface area (Å²) in [5, 5.41) is 11.2. The van der Waals surface area contributed by atoms with Crippen molar-refractivity contribution >= 4 is 11.6 Å². The van der Waals surface area contributed by atoms with E-state index < -0.39 is 0 Å². The molecule has 0 aromatic carbocycles. The van der Waals surface area contributed by atoms with Gasteiger partial charge in [0.15, 0.2) is 5.65 Å². The Balaban J connectivity index is 1.60. The first-order chi connectivity index (χ1) is 8.81. The normalized spacial score (nSPS) is 19.5. The van der Waals surface area contributed by atoms with Gasteiger partial charge in [-0.15, -0.1) is 5.10 Å². The molecule has 1 atom stereocenters. The van der Waals surface area contributed by atoms with E-state index in [9.17, 15) is 0 Å². The quantitative estimate of drug-likeness (QED) is 0.859. The molecular formula is C13H19N5. The number of anilines is 1. The second kappa shape index (κ2) is 4.94. The first-order valence-corrected chi connectivity index (χ1v) is 6.61. The highest BCUT2D eigenvalue weighted by Gasteiger charge is 2.13. The number of hydrogen-bond acceptors (Lipinski definition) is 4. The minimum atomic E-state index is 0.664. The molecule has 1 aliphatic rings. The number of pyridine rings is 1. The van der Waals surface area contributed by atoms with E-state index in [4.69, 9.17) is 0 Å². The van der Waals surface area contributed by atoms with Crippen molar-refractivity contribution in [1.29, 1.82) is 0 Å². The van der Waals surface area contributed by atoms with Crippen LogP contribution in [0.5, 0.6) is 0 Å². The van der Waals surface area contributed by atoms with Crippen LogP contribution in [0.2, 0.25) is 0 Å². The first kappa shape index (κ1) is 11.5. The van der Waals surface area contributed by atoms with Gasteiger partial charge < -0.3 is 10.6 Å². The number of nitrogens with zero attached hydrogens (tertiary/aromatic N) is 3. The minimum absolute atomic E-state index is 0.664. The molecule has 0 amide bonds. The molecule has 0 radical (unpaired) electrons. The van der Waals surface area contributed by atoms with Gasteiger partial charge in [0.1, 0.15) is 0 Å². The average molecular weight is 245 g/mol. The number of aromatic nitrogens is 3. The predicted octanol–water partition coefficient (Wildman–Crippen LogP) is 1.59. The van der Waals surface area contributed by atoms with Gasteiger partial charge in [0.2, 0.25) is 5.95 Å². The molecule has 2 aromatic heterocycles. The standard InChI is InChI=1S/C13H19N5/c1-10-5-8-18-12(9-10)16-13(17-18)15-7-4-11-3-2-6-14-11/h5,8-9,11,14H,2-4,6-7H2,1H3,(H,15,17).